The molecule has 2 aromatic rings. The van der Waals surface area contributed by atoms with Gasteiger partial charge in [-0.3, -0.25) is 9.69 Å². The van der Waals surface area contributed by atoms with Crippen LogP contribution in [0.2, 0.25) is 0 Å². The van der Waals surface area contributed by atoms with Crippen LogP contribution in [-0.2, 0) is 6.54 Å². The van der Waals surface area contributed by atoms with E-state index in [0.29, 0.717) is 6.04 Å². The number of carbonyl (C=O) groups excluding carboxylic acids is 1. The first-order chi connectivity index (χ1) is 12.1. The van der Waals surface area contributed by atoms with Gasteiger partial charge in [-0.1, -0.05) is 74.4 Å². The molecule has 0 N–H and O–H groups in total. The lowest BCUT2D eigenvalue weighted by Crippen LogP contribution is -2.33. The van der Waals surface area contributed by atoms with Crippen LogP contribution in [-0.4, -0.2) is 17.2 Å². The maximum Gasteiger partial charge on any atom is 0.165 e. The summed E-state index contributed by atoms with van der Waals surface area (Å²) in [5.41, 5.74) is 4.79. The van der Waals surface area contributed by atoms with Crippen molar-refractivity contribution in [1.29, 1.82) is 0 Å². The van der Waals surface area contributed by atoms with E-state index < -0.39 is 0 Å². The minimum Gasteiger partial charge on any atom is -0.294 e. The normalized spacial score (nSPS) is 18.5. The molecule has 2 nitrogen and oxygen atoms in total. The summed E-state index contributed by atoms with van der Waals surface area (Å²) >= 11 is 0. The summed E-state index contributed by atoms with van der Waals surface area (Å²) in [7, 11) is 0. The first-order valence-corrected chi connectivity index (χ1v) is 9.49. The Balaban J connectivity index is 1.87. The van der Waals surface area contributed by atoms with Crippen LogP contribution in [0.15, 0.2) is 48.5 Å². The Morgan fingerprint density at radius 2 is 1.92 bits per heavy atom. The number of carbonyl (C=O) groups is 1. The van der Waals surface area contributed by atoms with Gasteiger partial charge >= 0.3 is 0 Å². The molecule has 0 saturated carbocycles. The Morgan fingerprint density at radius 3 is 2.68 bits per heavy atom. The fraction of sp³-hybridized carbons (Fsp3) is 0.435. The molecule has 0 amide bonds. The minimum atomic E-state index is 0.0371. The van der Waals surface area contributed by atoms with Crippen LogP contribution >= 0.6 is 0 Å². The Morgan fingerprint density at radius 1 is 1.12 bits per heavy atom. The van der Waals surface area contributed by atoms with Gasteiger partial charge in [0.15, 0.2) is 5.78 Å². The van der Waals surface area contributed by atoms with Crippen molar-refractivity contribution in [3.8, 4) is 0 Å². The quantitative estimate of drug-likeness (QED) is 0.667. The number of rotatable bonds is 5. The molecule has 1 unspecified atom stereocenters. The second kappa shape index (κ2) is 7.97. The van der Waals surface area contributed by atoms with Gasteiger partial charge < -0.3 is 0 Å². The van der Waals surface area contributed by atoms with Gasteiger partial charge in [-0.05, 0) is 37.4 Å². The van der Waals surface area contributed by atoms with E-state index in [2.05, 4.69) is 48.2 Å². The molecule has 25 heavy (non-hydrogen) atoms. The summed E-state index contributed by atoms with van der Waals surface area (Å²) in [5.74, 6) is 0.287. The third-order valence-electron chi connectivity index (χ3n) is 5.22. The van der Waals surface area contributed by atoms with Crippen LogP contribution in [0.25, 0.3) is 0 Å². The molecule has 1 aliphatic heterocycles. The van der Waals surface area contributed by atoms with Crippen molar-refractivity contribution in [1.82, 2.24) is 4.90 Å². The average molecular weight is 335 g/mol. The smallest absolute Gasteiger partial charge is 0.165 e. The van der Waals surface area contributed by atoms with E-state index in [1.54, 1.807) is 0 Å². The topological polar surface area (TPSA) is 20.3 Å². The van der Waals surface area contributed by atoms with Crippen molar-refractivity contribution in [3.05, 3.63) is 70.8 Å². The average Bonchev–Trinajstić information content (AvgIpc) is 2.62. The van der Waals surface area contributed by atoms with Crippen molar-refractivity contribution in [2.45, 2.75) is 52.6 Å². The van der Waals surface area contributed by atoms with Crippen molar-refractivity contribution in [2.24, 2.45) is 5.92 Å². The maximum absolute atomic E-state index is 12.6. The predicted octanol–water partition coefficient (Wildman–Crippen LogP) is 5.56. The molecule has 1 heterocycles. The lowest BCUT2D eigenvalue weighted by Gasteiger charge is -2.36. The van der Waals surface area contributed by atoms with E-state index in [1.165, 1.54) is 36.0 Å². The number of aryl methyl sites for hydroxylation is 1. The molecule has 3 rings (SSSR count). The number of hydrogen-bond acceptors (Lipinski definition) is 2. The summed E-state index contributed by atoms with van der Waals surface area (Å²) in [6.07, 6.45) is 3.72. The van der Waals surface area contributed by atoms with Crippen molar-refractivity contribution in [2.75, 3.05) is 6.54 Å². The van der Waals surface area contributed by atoms with Gasteiger partial charge in [0, 0.05) is 24.1 Å². The Bertz CT molecular complexity index is 734. The molecule has 2 aromatic carbocycles. The fourth-order valence-corrected chi connectivity index (χ4v) is 3.86. The van der Waals surface area contributed by atoms with Crippen LogP contribution in [0, 0.1) is 12.8 Å². The van der Waals surface area contributed by atoms with Crippen LogP contribution in [0.4, 0.5) is 0 Å². The van der Waals surface area contributed by atoms with Crippen LogP contribution < -0.4 is 0 Å². The molecular weight excluding hydrogens is 306 g/mol. The number of piperidine rings is 1. The van der Waals surface area contributed by atoms with Gasteiger partial charge in [0.1, 0.15) is 0 Å². The van der Waals surface area contributed by atoms with Gasteiger partial charge in [0.05, 0.1) is 0 Å². The van der Waals surface area contributed by atoms with E-state index in [0.717, 1.165) is 18.7 Å². The third-order valence-corrected chi connectivity index (χ3v) is 5.22. The molecule has 1 atom stereocenters. The lowest BCUT2D eigenvalue weighted by atomic mass is 9.92. The molecule has 0 bridgehead atoms. The summed E-state index contributed by atoms with van der Waals surface area (Å²) < 4.78 is 0. The highest BCUT2D eigenvalue weighted by Gasteiger charge is 2.25. The number of hydrogen-bond donors (Lipinski definition) is 0. The summed E-state index contributed by atoms with van der Waals surface area (Å²) in [5, 5.41) is 0. The molecule has 1 saturated heterocycles. The molecule has 0 spiro atoms. The third kappa shape index (κ3) is 4.19. The summed E-state index contributed by atoms with van der Waals surface area (Å²) in [4.78, 5) is 15.1. The Hall–Kier alpha value is -1.93. The first-order valence-electron chi connectivity index (χ1n) is 9.49. The highest BCUT2D eigenvalue weighted by Crippen LogP contribution is 2.33. The van der Waals surface area contributed by atoms with E-state index >= 15 is 0 Å². The predicted molar refractivity (Wildman–Crippen MR) is 104 cm³/mol. The van der Waals surface area contributed by atoms with Crippen LogP contribution in [0.3, 0.4) is 0 Å². The SMILES string of the molecule is Cc1cccc(C2CCCCN2Cc2ccccc2C(=O)C(C)C)c1. The number of Topliss-reactive ketones (excluding diaryl/α,β-unsaturated/α-hetero) is 1. The van der Waals surface area contributed by atoms with E-state index in [1.807, 2.05) is 26.0 Å². The van der Waals surface area contributed by atoms with Gasteiger partial charge in [0.25, 0.3) is 0 Å². The molecule has 2 heteroatoms. The molecule has 1 fully saturated rings. The van der Waals surface area contributed by atoms with Gasteiger partial charge in [0.2, 0.25) is 0 Å². The monoisotopic (exact) mass is 335 g/mol. The number of benzene rings is 2. The zero-order valence-corrected chi connectivity index (χ0v) is 15.7. The highest BCUT2D eigenvalue weighted by molar-refractivity contribution is 5.98. The summed E-state index contributed by atoms with van der Waals surface area (Å²) in [6.45, 7) is 8.08. The van der Waals surface area contributed by atoms with E-state index in [9.17, 15) is 4.79 Å². The first kappa shape index (κ1) is 17.9. The van der Waals surface area contributed by atoms with Gasteiger partial charge in [-0.15, -0.1) is 0 Å². The minimum absolute atomic E-state index is 0.0371. The highest BCUT2D eigenvalue weighted by atomic mass is 16.1. The van der Waals surface area contributed by atoms with Crippen LogP contribution in [0.5, 0.6) is 0 Å². The van der Waals surface area contributed by atoms with Gasteiger partial charge in [-0.25, -0.2) is 0 Å². The van der Waals surface area contributed by atoms with E-state index in [4.69, 9.17) is 0 Å². The Kier molecular flexibility index (Phi) is 5.70. The van der Waals surface area contributed by atoms with E-state index in [-0.39, 0.29) is 11.7 Å². The number of nitrogens with zero attached hydrogens (tertiary/aromatic N) is 1. The molecule has 0 aliphatic carbocycles. The van der Waals surface area contributed by atoms with Crippen molar-refractivity contribution in [3.63, 3.8) is 0 Å². The molecule has 0 aromatic heterocycles. The molecular formula is C23H29NO. The largest absolute Gasteiger partial charge is 0.294 e. The molecule has 1 aliphatic rings. The molecule has 132 valence electrons. The second-order valence-corrected chi connectivity index (χ2v) is 7.57. The summed E-state index contributed by atoms with van der Waals surface area (Å²) in [6, 6.07) is 17.5. The molecule has 0 radical (unpaired) electrons. The second-order valence-electron chi connectivity index (χ2n) is 7.57. The standard InChI is InChI=1S/C23H29NO/c1-17(2)23(25)21-12-5-4-10-20(21)16-24-14-7-6-13-22(24)19-11-8-9-18(3)15-19/h4-5,8-12,15,17,22H,6-7,13-14,16H2,1-3H3. The van der Waals surface area contributed by atoms with Crippen molar-refractivity contribution < 1.29 is 4.79 Å². The van der Waals surface area contributed by atoms with Crippen molar-refractivity contribution >= 4 is 5.78 Å². The maximum atomic E-state index is 12.6. The number of likely N-dealkylation sites (tertiary alicyclic amines) is 1. The lowest BCUT2D eigenvalue weighted by molar-refractivity contribution is 0.0934. The zero-order chi connectivity index (χ0) is 17.8. The fourth-order valence-electron chi connectivity index (χ4n) is 3.86. The zero-order valence-electron chi connectivity index (χ0n) is 15.7. The van der Waals surface area contributed by atoms with Gasteiger partial charge in [-0.2, -0.15) is 0 Å². The number of ketones is 1. The van der Waals surface area contributed by atoms with Crippen LogP contribution in [0.1, 0.15) is 66.2 Å². The Labute approximate surface area is 151 Å².